The summed E-state index contributed by atoms with van der Waals surface area (Å²) in [7, 11) is 3.21. The van der Waals surface area contributed by atoms with Crippen molar-refractivity contribution in [3.63, 3.8) is 0 Å². The summed E-state index contributed by atoms with van der Waals surface area (Å²) in [4.78, 5) is 13.8. The van der Waals surface area contributed by atoms with E-state index >= 15 is 0 Å². The summed E-state index contributed by atoms with van der Waals surface area (Å²) in [5, 5.41) is 3.86. The Morgan fingerprint density at radius 2 is 2.00 bits per heavy atom. The monoisotopic (exact) mass is 384 g/mol. The third-order valence-electron chi connectivity index (χ3n) is 3.57. The summed E-state index contributed by atoms with van der Waals surface area (Å²) in [6, 6.07) is 9.87. The third kappa shape index (κ3) is 5.88. The number of benzene rings is 2. The maximum Gasteiger partial charge on any atom is 0.234 e. The van der Waals surface area contributed by atoms with E-state index in [-0.39, 0.29) is 18.2 Å². The van der Waals surface area contributed by atoms with Gasteiger partial charge in [0.15, 0.2) is 11.6 Å². The van der Waals surface area contributed by atoms with Gasteiger partial charge in [-0.15, -0.1) is 0 Å². The van der Waals surface area contributed by atoms with Crippen LogP contribution in [0, 0.1) is 5.82 Å². The lowest BCUT2D eigenvalue weighted by Crippen LogP contribution is -2.34. The fraction of sp³-hybridized carbons (Fsp3) is 0.278. The van der Waals surface area contributed by atoms with Gasteiger partial charge < -0.3 is 10.1 Å². The molecule has 0 aliphatic rings. The van der Waals surface area contributed by atoms with Crippen molar-refractivity contribution in [1.82, 2.24) is 10.2 Å². The number of amides is 1. The maximum absolute atomic E-state index is 13.7. The Balaban J connectivity index is 1.84. The van der Waals surface area contributed by atoms with E-state index in [1.54, 1.807) is 42.3 Å². The molecule has 1 N–H and O–H groups in total. The van der Waals surface area contributed by atoms with Crippen LogP contribution in [0.2, 0.25) is 10.0 Å². The lowest BCUT2D eigenvalue weighted by Gasteiger charge is -2.17. The molecule has 7 heteroatoms. The molecule has 2 aromatic carbocycles. The van der Waals surface area contributed by atoms with Crippen LogP contribution in [0.15, 0.2) is 36.4 Å². The predicted molar refractivity (Wildman–Crippen MR) is 97.6 cm³/mol. The van der Waals surface area contributed by atoms with Crippen LogP contribution < -0.4 is 10.1 Å². The van der Waals surface area contributed by atoms with Crippen LogP contribution in [0.4, 0.5) is 4.39 Å². The van der Waals surface area contributed by atoms with Crippen LogP contribution >= 0.6 is 23.2 Å². The number of carbonyl (C=O) groups excluding carboxylic acids is 1. The molecule has 2 aromatic rings. The Morgan fingerprint density at radius 1 is 1.24 bits per heavy atom. The van der Waals surface area contributed by atoms with Crippen molar-refractivity contribution < 1.29 is 13.9 Å². The molecule has 0 bridgehead atoms. The van der Waals surface area contributed by atoms with Crippen LogP contribution in [-0.4, -0.2) is 31.5 Å². The summed E-state index contributed by atoms with van der Waals surface area (Å²) < 4.78 is 18.6. The van der Waals surface area contributed by atoms with Crippen molar-refractivity contribution in [2.24, 2.45) is 0 Å². The van der Waals surface area contributed by atoms with Crippen LogP contribution in [0.3, 0.4) is 0 Å². The van der Waals surface area contributed by atoms with Gasteiger partial charge in [-0.25, -0.2) is 4.39 Å². The molecule has 0 spiro atoms. The number of ether oxygens (including phenoxy) is 1. The summed E-state index contributed by atoms with van der Waals surface area (Å²) in [6.07, 6.45) is 0. The van der Waals surface area contributed by atoms with Gasteiger partial charge in [0.05, 0.1) is 13.7 Å². The van der Waals surface area contributed by atoms with Gasteiger partial charge in [-0.2, -0.15) is 0 Å². The summed E-state index contributed by atoms with van der Waals surface area (Å²) in [5.41, 5.74) is 1.55. The van der Waals surface area contributed by atoms with E-state index in [0.29, 0.717) is 23.1 Å². The number of nitrogens with zero attached hydrogens (tertiary/aromatic N) is 1. The molecule has 25 heavy (non-hydrogen) atoms. The Kier molecular flexibility index (Phi) is 7.05. The van der Waals surface area contributed by atoms with Gasteiger partial charge in [0.25, 0.3) is 0 Å². The third-order valence-corrected chi connectivity index (χ3v) is 4.16. The second-order valence-electron chi connectivity index (χ2n) is 5.65. The number of likely N-dealkylation sites (N-methyl/N-ethyl adjacent to an activating group) is 1. The van der Waals surface area contributed by atoms with Gasteiger partial charge in [0, 0.05) is 23.1 Å². The molecule has 0 saturated carbocycles. The van der Waals surface area contributed by atoms with Gasteiger partial charge in [0.2, 0.25) is 5.91 Å². The number of nitrogens with one attached hydrogen (secondary N) is 1. The number of rotatable bonds is 7. The topological polar surface area (TPSA) is 41.6 Å². The molecule has 0 aromatic heterocycles. The first-order valence-electron chi connectivity index (χ1n) is 7.60. The zero-order valence-corrected chi connectivity index (χ0v) is 15.5. The highest BCUT2D eigenvalue weighted by Crippen LogP contribution is 2.21. The molecule has 0 aliphatic carbocycles. The molecule has 0 unspecified atom stereocenters. The Labute approximate surface area is 156 Å². The van der Waals surface area contributed by atoms with Crippen LogP contribution in [0.5, 0.6) is 5.75 Å². The fourth-order valence-electron chi connectivity index (χ4n) is 2.34. The average molecular weight is 385 g/mol. The molecule has 4 nitrogen and oxygen atoms in total. The van der Waals surface area contributed by atoms with E-state index in [0.717, 1.165) is 11.1 Å². The van der Waals surface area contributed by atoms with Crippen LogP contribution in [0.1, 0.15) is 11.1 Å². The highest BCUT2D eigenvalue weighted by Gasteiger charge is 2.10. The first kappa shape index (κ1) is 19.5. The quantitative estimate of drug-likeness (QED) is 0.787. The number of hydrogen-bond donors (Lipinski definition) is 1. The van der Waals surface area contributed by atoms with Crippen molar-refractivity contribution in [3.8, 4) is 5.75 Å². The van der Waals surface area contributed by atoms with Crippen molar-refractivity contribution in [1.29, 1.82) is 0 Å². The molecule has 134 valence electrons. The second kappa shape index (κ2) is 9.04. The number of halogens is 3. The molecule has 0 radical (unpaired) electrons. The van der Waals surface area contributed by atoms with Crippen molar-refractivity contribution in [2.75, 3.05) is 20.7 Å². The maximum atomic E-state index is 13.7. The molecule has 2 rings (SSSR count). The number of hydrogen-bond acceptors (Lipinski definition) is 3. The predicted octanol–water partition coefficient (Wildman–Crippen LogP) is 3.89. The van der Waals surface area contributed by atoms with Gasteiger partial charge in [0.1, 0.15) is 0 Å². The minimum atomic E-state index is -0.421. The largest absolute Gasteiger partial charge is 0.494 e. The molecule has 0 fully saturated rings. The van der Waals surface area contributed by atoms with Gasteiger partial charge in [-0.1, -0.05) is 35.3 Å². The van der Waals surface area contributed by atoms with Crippen LogP contribution in [-0.2, 0) is 17.9 Å². The molecule has 0 heterocycles. The molecule has 0 saturated heterocycles. The minimum absolute atomic E-state index is 0.150. The smallest absolute Gasteiger partial charge is 0.234 e. The lowest BCUT2D eigenvalue weighted by molar-refractivity contribution is -0.122. The number of carbonyl (C=O) groups is 1. The SMILES string of the molecule is COc1ccc(CN(C)CC(=O)NCc2ccc(Cl)cc2Cl)cc1F. The Morgan fingerprint density at radius 3 is 2.64 bits per heavy atom. The van der Waals surface area contributed by atoms with Crippen molar-refractivity contribution in [3.05, 3.63) is 63.4 Å². The molecule has 0 atom stereocenters. The molecular weight excluding hydrogens is 366 g/mol. The highest BCUT2D eigenvalue weighted by atomic mass is 35.5. The van der Waals surface area contributed by atoms with E-state index in [2.05, 4.69) is 5.32 Å². The van der Waals surface area contributed by atoms with Crippen molar-refractivity contribution in [2.45, 2.75) is 13.1 Å². The zero-order chi connectivity index (χ0) is 18.4. The molecule has 1 amide bonds. The average Bonchev–Trinajstić information content (AvgIpc) is 2.54. The first-order chi connectivity index (χ1) is 11.9. The Bertz CT molecular complexity index is 756. The molecule has 0 aliphatic heterocycles. The van der Waals surface area contributed by atoms with E-state index in [4.69, 9.17) is 27.9 Å². The van der Waals surface area contributed by atoms with E-state index in [1.807, 2.05) is 0 Å². The zero-order valence-electron chi connectivity index (χ0n) is 14.0. The Hall–Kier alpha value is -1.82. The number of methoxy groups -OCH3 is 1. The summed E-state index contributed by atoms with van der Waals surface area (Å²) >= 11 is 11.9. The van der Waals surface area contributed by atoms with E-state index in [9.17, 15) is 9.18 Å². The summed E-state index contributed by atoms with van der Waals surface area (Å²) in [6.45, 7) is 0.939. The van der Waals surface area contributed by atoms with Crippen molar-refractivity contribution >= 4 is 29.1 Å². The van der Waals surface area contributed by atoms with E-state index in [1.165, 1.54) is 13.2 Å². The fourth-order valence-corrected chi connectivity index (χ4v) is 2.81. The second-order valence-corrected chi connectivity index (χ2v) is 6.50. The molecular formula is C18H19Cl2FN2O2. The first-order valence-corrected chi connectivity index (χ1v) is 8.36. The van der Waals surface area contributed by atoms with Gasteiger partial charge in [-0.05, 0) is 42.4 Å². The highest BCUT2D eigenvalue weighted by molar-refractivity contribution is 6.35. The van der Waals surface area contributed by atoms with E-state index < -0.39 is 5.82 Å². The van der Waals surface area contributed by atoms with Crippen LogP contribution in [0.25, 0.3) is 0 Å². The summed E-state index contributed by atoms with van der Waals surface area (Å²) in [5.74, 6) is -0.373. The lowest BCUT2D eigenvalue weighted by atomic mass is 10.2. The normalized spacial score (nSPS) is 10.8. The van der Waals surface area contributed by atoms with Gasteiger partial charge >= 0.3 is 0 Å². The standard InChI is InChI=1S/C18H19Cl2FN2O2/c1-23(10-12-3-6-17(25-2)16(21)7-12)11-18(24)22-9-13-4-5-14(19)8-15(13)20/h3-8H,9-11H2,1-2H3,(H,22,24). The van der Waals surface area contributed by atoms with Gasteiger partial charge in [-0.3, -0.25) is 9.69 Å². The minimum Gasteiger partial charge on any atom is -0.494 e.